The Balaban J connectivity index is 1.62. The predicted molar refractivity (Wildman–Crippen MR) is 97.5 cm³/mol. The number of ether oxygens (including phenoxy) is 1. The van der Waals surface area contributed by atoms with Crippen molar-refractivity contribution in [1.29, 1.82) is 0 Å². The van der Waals surface area contributed by atoms with Crippen LogP contribution in [0.25, 0.3) is 0 Å². The molecule has 2 aromatic carbocycles. The molecule has 2 aromatic rings. The molecular weight excluding hydrogens is 328 g/mol. The Morgan fingerprint density at radius 1 is 1.19 bits per heavy atom. The number of hydrogen-bond acceptors (Lipinski definition) is 3. The normalized spacial score (nSPS) is 27.5. The highest BCUT2D eigenvalue weighted by Crippen LogP contribution is 2.46. The van der Waals surface area contributed by atoms with Crippen molar-refractivity contribution in [3.8, 4) is 5.75 Å². The van der Waals surface area contributed by atoms with Gasteiger partial charge >= 0.3 is 0 Å². The second-order valence-corrected chi connectivity index (χ2v) is 7.29. The van der Waals surface area contributed by atoms with Gasteiger partial charge in [-0.2, -0.15) is 0 Å². The lowest BCUT2D eigenvalue weighted by Crippen LogP contribution is -2.63. The summed E-state index contributed by atoms with van der Waals surface area (Å²) in [6, 6.07) is 17.2. The zero-order chi connectivity index (χ0) is 18.3. The Morgan fingerprint density at radius 3 is 2.65 bits per heavy atom. The number of carbonyl (C=O) groups excluding carboxylic acids is 2. The molecule has 2 aliphatic rings. The lowest BCUT2D eigenvalue weighted by Gasteiger charge is -2.46. The van der Waals surface area contributed by atoms with Crippen LogP contribution in [-0.2, 0) is 9.59 Å². The Bertz CT molecular complexity index is 851. The van der Waals surface area contributed by atoms with E-state index in [-0.39, 0.29) is 23.8 Å². The molecule has 0 unspecified atom stereocenters. The zero-order valence-corrected chi connectivity index (χ0v) is 14.9. The van der Waals surface area contributed by atoms with Crippen LogP contribution < -0.4 is 15.4 Å². The predicted octanol–water partition coefficient (Wildman–Crippen LogP) is 2.89. The Labute approximate surface area is 152 Å². The van der Waals surface area contributed by atoms with Crippen LogP contribution in [0.1, 0.15) is 43.4 Å². The van der Waals surface area contributed by atoms with E-state index >= 15 is 0 Å². The molecule has 0 saturated carbocycles. The van der Waals surface area contributed by atoms with Gasteiger partial charge in [-0.3, -0.25) is 9.59 Å². The van der Waals surface area contributed by atoms with Gasteiger partial charge < -0.3 is 15.4 Å². The van der Waals surface area contributed by atoms with E-state index in [1.165, 1.54) is 0 Å². The molecule has 134 valence electrons. The largest absolute Gasteiger partial charge is 0.468 e. The van der Waals surface area contributed by atoms with Crippen LogP contribution in [0, 0.1) is 5.92 Å². The van der Waals surface area contributed by atoms with E-state index in [1.807, 2.05) is 68.4 Å². The lowest BCUT2D eigenvalue weighted by molar-refractivity contribution is -0.147. The number of amides is 2. The molecule has 0 aromatic heterocycles. The summed E-state index contributed by atoms with van der Waals surface area (Å²) in [5.74, 6) is -0.750. The number of piperidine rings is 1. The minimum atomic E-state index is -0.766. The molecule has 0 radical (unpaired) electrons. The van der Waals surface area contributed by atoms with Crippen LogP contribution in [0.5, 0.6) is 5.75 Å². The molecule has 4 atom stereocenters. The van der Waals surface area contributed by atoms with Crippen molar-refractivity contribution >= 4 is 11.8 Å². The first-order chi connectivity index (χ1) is 12.5. The van der Waals surface area contributed by atoms with Gasteiger partial charge in [-0.1, -0.05) is 48.5 Å². The molecule has 0 aliphatic carbocycles. The average Bonchev–Trinajstić information content (AvgIpc) is 2.61. The number of para-hydroxylation sites is 1. The number of nitrogens with one attached hydrogen (secondary N) is 2. The molecule has 2 heterocycles. The maximum atomic E-state index is 13.0. The van der Waals surface area contributed by atoms with Crippen molar-refractivity contribution in [3.05, 3.63) is 65.7 Å². The summed E-state index contributed by atoms with van der Waals surface area (Å²) in [7, 11) is 0. The van der Waals surface area contributed by atoms with Gasteiger partial charge in [0.1, 0.15) is 11.7 Å². The van der Waals surface area contributed by atoms with E-state index in [1.54, 1.807) is 0 Å². The number of fused-ring (bicyclic) bond motifs is 4. The smallest absolute Gasteiger partial charge is 0.236 e. The summed E-state index contributed by atoms with van der Waals surface area (Å²) in [4.78, 5) is 25.7. The van der Waals surface area contributed by atoms with Crippen molar-refractivity contribution in [1.82, 2.24) is 10.6 Å². The monoisotopic (exact) mass is 350 g/mol. The van der Waals surface area contributed by atoms with Crippen LogP contribution in [0.4, 0.5) is 0 Å². The highest BCUT2D eigenvalue weighted by molar-refractivity contribution is 6.02. The SMILES string of the molecule is C[C@H](NC(=O)[C@@H]1C(=O)N[C@@]2(C)C[C@H]1c1ccccc1O2)c1ccccc1. The Hall–Kier alpha value is -2.82. The molecule has 2 aliphatic heterocycles. The summed E-state index contributed by atoms with van der Waals surface area (Å²) in [5.41, 5.74) is 1.17. The highest BCUT2D eigenvalue weighted by Gasteiger charge is 2.51. The van der Waals surface area contributed by atoms with E-state index in [0.29, 0.717) is 6.42 Å². The number of rotatable bonds is 3. The second kappa shape index (κ2) is 6.16. The molecule has 5 nitrogen and oxygen atoms in total. The molecule has 2 bridgehead atoms. The average molecular weight is 350 g/mol. The van der Waals surface area contributed by atoms with Crippen LogP contribution in [0.15, 0.2) is 54.6 Å². The summed E-state index contributed by atoms with van der Waals surface area (Å²) in [6.45, 7) is 3.78. The molecule has 2 amide bonds. The van der Waals surface area contributed by atoms with E-state index < -0.39 is 11.6 Å². The number of benzene rings is 2. The standard InChI is InChI=1S/C21H22N2O3/c1-13(14-8-4-3-5-9-14)22-19(24)18-16-12-21(2,23-20(18)25)26-17-11-7-6-10-15(16)17/h3-11,13,16,18H,12H2,1-2H3,(H,22,24)(H,23,25)/t13-,16-,18+,21+/m0/s1. The number of hydrogen-bond donors (Lipinski definition) is 2. The van der Waals surface area contributed by atoms with Gasteiger partial charge in [0.15, 0.2) is 5.72 Å². The summed E-state index contributed by atoms with van der Waals surface area (Å²) in [5, 5.41) is 5.89. The topological polar surface area (TPSA) is 67.4 Å². The molecule has 1 saturated heterocycles. The van der Waals surface area contributed by atoms with Crippen LogP contribution in [0.2, 0.25) is 0 Å². The van der Waals surface area contributed by atoms with Gasteiger partial charge in [-0.25, -0.2) is 0 Å². The first kappa shape index (κ1) is 16.6. The van der Waals surface area contributed by atoms with Crippen molar-refractivity contribution in [3.63, 3.8) is 0 Å². The third kappa shape index (κ3) is 2.83. The van der Waals surface area contributed by atoms with Crippen LogP contribution >= 0.6 is 0 Å². The van der Waals surface area contributed by atoms with Crippen LogP contribution in [0.3, 0.4) is 0 Å². The molecule has 5 heteroatoms. The van der Waals surface area contributed by atoms with Crippen molar-refractivity contribution < 1.29 is 14.3 Å². The van der Waals surface area contributed by atoms with Gasteiger partial charge in [0, 0.05) is 12.3 Å². The fourth-order valence-corrected chi connectivity index (χ4v) is 4.02. The van der Waals surface area contributed by atoms with Gasteiger partial charge in [-0.15, -0.1) is 0 Å². The maximum absolute atomic E-state index is 13.0. The zero-order valence-electron chi connectivity index (χ0n) is 14.9. The van der Waals surface area contributed by atoms with Crippen molar-refractivity contribution in [2.24, 2.45) is 5.92 Å². The summed E-state index contributed by atoms with van der Waals surface area (Å²) >= 11 is 0. The lowest BCUT2D eigenvalue weighted by atomic mass is 9.74. The van der Waals surface area contributed by atoms with E-state index in [4.69, 9.17) is 4.74 Å². The van der Waals surface area contributed by atoms with Crippen molar-refractivity contribution in [2.45, 2.75) is 38.0 Å². The molecular formula is C21H22N2O3. The molecule has 1 fully saturated rings. The minimum absolute atomic E-state index is 0.167. The maximum Gasteiger partial charge on any atom is 0.236 e. The van der Waals surface area contributed by atoms with Crippen molar-refractivity contribution in [2.75, 3.05) is 0 Å². The highest BCUT2D eigenvalue weighted by atomic mass is 16.5. The van der Waals surface area contributed by atoms with Gasteiger partial charge in [0.25, 0.3) is 0 Å². The molecule has 0 spiro atoms. The Kier molecular flexibility index (Phi) is 3.94. The first-order valence-electron chi connectivity index (χ1n) is 8.92. The second-order valence-electron chi connectivity index (χ2n) is 7.29. The Morgan fingerprint density at radius 2 is 1.88 bits per heavy atom. The van der Waals surface area contributed by atoms with Gasteiger partial charge in [0.2, 0.25) is 11.8 Å². The summed E-state index contributed by atoms with van der Waals surface area (Å²) < 4.78 is 5.98. The fraction of sp³-hybridized carbons (Fsp3) is 0.333. The number of carbonyl (C=O) groups is 2. The van der Waals surface area contributed by atoms with Gasteiger partial charge in [0.05, 0.1) is 6.04 Å². The third-order valence-electron chi connectivity index (χ3n) is 5.28. The molecule has 4 rings (SSSR count). The molecule has 2 N–H and O–H groups in total. The third-order valence-corrected chi connectivity index (χ3v) is 5.28. The van der Waals surface area contributed by atoms with Crippen LogP contribution in [-0.4, -0.2) is 17.5 Å². The fourth-order valence-electron chi connectivity index (χ4n) is 4.02. The molecule has 26 heavy (non-hydrogen) atoms. The first-order valence-corrected chi connectivity index (χ1v) is 8.92. The minimum Gasteiger partial charge on any atom is -0.468 e. The summed E-state index contributed by atoms with van der Waals surface area (Å²) in [6.07, 6.45) is 0.577. The van der Waals surface area contributed by atoms with E-state index in [2.05, 4.69) is 10.6 Å². The van der Waals surface area contributed by atoms with Gasteiger partial charge in [-0.05, 0) is 31.0 Å². The van der Waals surface area contributed by atoms with E-state index in [0.717, 1.165) is 16.9 Å². The van der Waals surface area contributed by atoms with E-state index in [9.17, 15) is 9.59 Å². The quantitative estimate of drug-likeness (QED) is 0.837.